The summed E-state index contributed by atoms with van der Waals surface area (Å²) in [5.74, 6) is 0.826. The number of hydrogen-bond donors (Lipinski definition) is 0. The van der Waals surface area contributed by atoms with Gasteiger partial charge in [-0.3, -0.25) is 4.98 Å². The summed E-state index contributed by atoms with van der Waals surface area (Å²) in [6, 6.07) is 3.97. The van der Waals surface area contributed by atoms with E-state index in [1.165, 1.54) is 0 Å². The lowest BCUT2D eigenvalue weighted by molar-refractivity contribution is 0.810. The first-order chi connectivity index (χ1) is 8.70. The average Bonchev–Trinajstić information content (AvgIpc) is 2.37. The topological polar surface area (TPSA) is 38.7 Å². The van der Waals surface area contributed by atoms with Crippen molar-refractivity contribution in [3.8, 4) is 0 Å². The van der Waals surface area contributed by atoms with Crippen LogP contribution >= 0.6 is 11.6 Å². The fourth-order valence-electron chi connectivity index (χ4n) is 1.78. The maximum atomic E-state index is 6.15. The van der Waals surface area contributed by atoms with Crippen LogP contribution in [0.1, 0.15) is 36.0 Å². The van der Waals surface area contributed by atoms with Crippen molar-refractivity contribution in [1.82, 2.24) is 15.0 Å². The zero-order chi connectivity index (χ0) is 13.0. The zero-order valence-corrected chi connectivity index (χ0v) is 11.4. The molecule has 0 radical (unpaired) electrons. The monoisotopic (exact) mass is 261 g/mol. The lowest BCUT2D eigenvalue weighted by Crippen LogP contribution is -2.04. The lowest BCUT2D eigenvalue weighted by atomic mass is 10.1. The average molecular weight is 262 g/mol. The summed E-state index contributed by atoms with van der Waals surface area (Å²) in [6.45, 7) is 4.07. The van der Waals surface area contributed by atoms with Gasteiger partial charge in [-0.25, -0.2) is 9.97 Å². The van der Waals surface area contributed by atoms with E-state index in [4.69, 9.17) is 11.6 Å². The quantitative estimate of drug-likeness (QED) is 0.792. The minimum absolute atomic E-state index is 0.562. The van der Waals surface area contributed by atoms with Crippen molar-refractivity contribution in [1.29, 1.82) is 0 Å². The molecule has 0 aliphatic heterocycles. The molecule has 2 heterocycles. The fourth-order valence-corrected chi connectivity index (χ4v) is 1.99. The second kappa shape index (κ2) is 5.91. The molecule has 0 aliphatic carbocycles. The Morgan fingerprint density at radius 3 is 2.78 bits per heavy atom. The van der Waals surface area contributed by atoms with Crippen LogP contribution in [-0.4, -0.2) is 15.0 Å². The smallest absolute Gasteiger partial charge is 0.135 e. The van der Waals surface area contributed by atoms with Gasteiger partial charge < -0.3 is 0 Å². The maximum Gasteiger partial charge on any atom is 0.135 e. The molecule has 4 heteroatoms. The minimum atomic E-state index is 0.562. The Morgan fingerprint density at radius 1 is 1.28 bits per heavy atom. The molecular weight excluding hydrogens is 246 g/mol. The van der Waals surface area contributed by atoms with Crippen molar-refractivity contribution in [3.05, 3.63) is 52.3 Å². The normalized spacial score (nSPS) is 10.6. The highest BCUT2D eigenvalue weighted by Gasteiger charge is 2.09. The summed E-state index contributed by atoms with van der Waals surface area (Å²) in [4.78, 5) is 13.0. The van der Waals surface area contributed by atoms with Crippen molar-refractivity contribution in [2.45, 2.75) is 33.1 Å². The molecule has 0 fully saturated rings. The van der Waals surface area contributed by atoms with Gasteiger partial charge >= 0.3 is 0 Å². The Kier molecular flexibility index (Phi) is 4.26. The zero-order valence-electron chi connectivity index (χ0n) is 10.7. The highest BCUT2D eigenvalue weighted by atomic mass is 35.5. The standard InChI is InChI=1S/C14H16ClN3/c1-3-5-13-17-12(10(2)14(15)18-13)8-11-6-4-7-16-9-11/h4,6-7,9H,3,5,8H2,1-2H3. The summed E-state index contributed by atoms with van der Waals surface area (Å²) in [5, 5.41) is 0.562. The van der Waals surface area contributed by atoms with E-state index in [1.807, 2.05) is 25.3 Å². The number of halogens is 1. The van der Waals surface area contributed by atoms with Crippen LogP contribution in [0.25, 0.3) is 0 Å². The van der Waals surface area contributed by atoms with Gasteiger partial charge in [0, 0.05) is 30.8 Å². The summed E-state index contributed by atoms with van der Waals surface area (Å²) in [5.41, 5.74) is 3.09. The van der Waals surface area contributed by atoms with Gasteiger partial charge in [-0.05, 0) is 25.0 Å². The molecule has 0 amide bonds. The molecule has 0 N–H and O–H groups in total. The van der Waals surface area contributed by atoms with Crippen molar-refractivity contribution in [2.24, 2.45) is 0 Å². The van der Waals surface area contributed by atoms with Crippen molar-refractivity contribution < 1.29 is 0 Å². The van der Waals surface area contributed by atoms with Crippen LogP contribution in [-0.2, 0) is 12.8 Å². The van der Waals surface area contributed by atoms with Gasteiger partial charge in [-0.1, -0.05) is 24.6 Å². The minimum Gasteiger partial charge on any atom is -0.264 e. The number of rotatable bonds is 4. The number of aryl methyl sites for hydroxylation is 1. The Morgan fingerprint density at radius 2 is 2.11 bits per heavy atom. The SMILES string of the molecule is CCCc1nc(Cl)c(C)c(Cc2cccnc2)n1. The van der Waals surface area contributed by atoms with E-state index >= 15 is 0 Å². The van der Waals surface area contributed by atoms with E-state index in [1.54, 1.807) is 6.20 Å². The molecule has 0 spiro atoms. The van der Waals surface area contributed by atoms with Crippen LogP contribution in [0.3, 0.4) is 0 Å². The molecule has 2 aromatic heterocycles. The Bertz CT molecular complexity index is 526. The van der Waals surface area contributed by atoms with Crippen LogP contribution in [0.5, 0.6) is 0 Å². The van der Waals surface area contributed by atoms with Crippen LogP contribution in [0, 0.1) is 6.92 Å². The van der Waals surface area contributed by atoms with Crippen molar-refractivity contribution in [3.63, 3.8) is 0 Å². The largest absolute Gasteiger partial charge is 0.264 e. The first kappa shape index (κ1) is 13.0. The van der Waals surface area contributed by atoms with E-state index in [9.17, 15) is 0 Å². The molecule has 18 heavy (non-hydrogen) atoms. The number of hydrogen-bond acceptors (Lipinski definition) is 3. The highest BCUT2D eigenvalue weighted by Crippen LogP contribution is 2.18. The molecule has 0 unspecified atom stereocenters. The summed E-state index contributed by atoms with van der Waals surface area (Å²) in [6.07, 6.45) is 6.26. The summed E-state index contributed by atoms with van der Waals surface area (Å²) in [7, 11) is 0. The maximum absolute atomic E-state index is 6.15. The van der Waals surface area contributed by atoms with Crippen molar-refractivity contribution in [2.75, 3.05) is 0 Å². The van der Waals surface area contributed by atoms with Gasteiger partial charge in [-0.2, -0.15) is 0 Å². The molecule has 0 saturated heterocycles. The Balaban J connectivity index is 2.31. The highest BCUT2D eigenvalue weighted by molar-refractivity contribution is 6.30. The third-order valence-corrected chi connectivity index (χ3v) is 3.17. The molecule has 0 atom stereocenters. The van der Waals surface area contributed by atoms with Crippen LogP contribution in [0.2, 0.25) is 5.15 Å². The second-order valence-corrected chi connectivity index (χ2v) is 4.65. The molecule has 2 rings (SSSR count). The number of aromatic nitrogens is 3. The van der Waals surface area contributed by atoms with E-state index in [0.717, 1.165) is 41.9 Å². The van der Waals surface area contributed by atoms with E-state index in [0.29, 0.717) is 5.15 Å². The molecule has 0 aliphatic rings. The second-order valence-electron chi connectivity index (χ2n) is 4.29. The third-order valence-electron chi connectivity index (χ3n) is 2.80. The first-order valence-electron chi connectivity index (χ1n) is 6.11. The van der Waals surface area contributed by atoms with Gasteiger partial charge in [0.15, 0.2) is 0 Å². The Hall–Kier alpha value is -1.48. The molecule has 0 saturated carbocycles. The van der Waals surface area contributed by atoms with Crippen LogP contribution in [0.15, 0.2) is 24.5 Å². The molecule has 0 aromatic carbocycles. The van der Waals surface area contributed by atoms with Gasteiger partial charge in [0.1, 0.15) is 11.0 Å². The van der Waals surface area contributed by atoms with E-state index < -0.39 is 0 Å². The number of pyridine rings is 1. The van der Waals surface area contributed by atoms with E-state index in [2.05, 4.69) is 21.9 Å². The van der Waals surface area contributed by atoms with Crippen LogP contribution < -0.4 is 0 Å². The molecule has 2 aromatic rings. The first-order valence-corrected chi connectivity index (χ1v) is 6.49. The van der Waals surface area contributed by atoms with Crippen LogP contribution in [0.4, 0.5) is 0 Å². The molecular formula is C14H16ClN3. The molecule has 94 valence electrons. The third kappa shape index (κ3) is 3.05. The van der Waals surface area contributed by atoms with Gasteiger partial charge in [0.05, 0.1) is 5.69 Å². The van der Waals surface area contributed by atoms with Gasteiger partial charge in [0.25, 0.3) is 0 Å². The predicted octanol–water partition coefficient (Wildman–Crippen LogP) is 3.38. The predicted molar refractivity (Wildman–Crippen MR) is 72.8 cm³/mol. The van der Waals surface area contributed by atoms with Gasteiger partial charge in [-0.15, -0.1) is 0 Å². The molecule has 0 bridgehead atoms. The Labute approximate surface area is 112 Å². The van der Waals surface area contributed by atoms with Crippen molar-refractivity contribution >= 4 is 11.6 Å². The molecule has 3 nitrogen and oxygen atoms in total. The summed E-state index contributed by atoms with van der Waals surface area (Å²) >= 11 is 6.15. The van der Waals surface area contributed by atoms with E-state index in [-0.39, 0.29) is 0 Å². The lowest BCUT2D eigenvalue weighted by Gasteiger charge is -2.08. The number of nitrogens with zero attached hydrogens (tertiary/aromatic N) is 3. The fraction of sp³-hybridized carbons (Fsp3) is 0.357. The summed E-state index contributed by atoms with van der Waals surface area (Å²) < 4.78 is 0. The van der Waals surface area contributed by atoms with Gasteiger partial charge in [0.2, 0.25) is 0 Å².